The minimum atomic E-state index is 0.0995. The molecule has 0 heterocycles. The number of likely N-dealkylation sites (N-methyl/N-ethyl adjacent to an activating group) is 1. The van der Waals surface area contributed by atoms with Gasteiger partial charge in [-0.15, -0.1) is 11.6 Å². The zero-order valence-corrected chi connectivity index (χ0v) is 12.9. The third-order valence-corrected chi connectivity index (χ3v) is 3.83. The van der Waals surface area contributed by atoms with Crippen molar-refractivity contribution in [2.75, 3.05) is 19.6 Å². The van der Waals surface area contributed by atoms with Gasteiger partial charge in [0.15, 0.2) is 0 Å². The Labute approximate surface area is 117 Å². The first kappa shape index (κ1) is 15.5. The summed E-state index contributed by atoms with van der Waals surface area (Å²) in [7, 11) is 0. The van der Waals surface area contributed by atoms with Crippen molar-refractivity contribution in [1.29, 1.82) is 0 Å². The minimum Gasteiger partial charge on any atom is -0.302 e. The Morgan fingerprint density at radius 1 is 1.22 bits per heavy atom. The number of nitrogens with zero attached hydrogens (tertiary/aromatic N) is 1. The third-order valence-electron chi connectivity index (χ3n) is 3.46. The van der Waals surface area contributed by atoms with Gasteiger partial charge in [-0.1, -0.05) is 44.0 Å². The van der Waals surface area contributed by atoms with Crippen molar-refractivity contribution in [3.63, 3.8) is 0 Å². The zero-order chi connectivity index (χ0) is 13.5. The van der Waals surface area contributed by atoms with Gasteiger partial charge < -0.3 is 4.90 Å². The van der Waals surface area contributed by atoms with E-state index in [9.17, 15) is 0 Å². The van der Waals surface area contributed by atoms with E-state index < -0.39 is 0 Å². The molecule has 0 bridgehead atoms. The maximum Gasteiger partial charge on any atom is 0.0714 e. The van der Waals surface area contributed by atoms with Gasteiger partial charge in [-0.2, -0.15) is 0 Å². The van der Waals surface area contributed by atoms with Crippen molar-refractivity contribution in [1.82, 2.24) is 4.90 Å². The van der Waals surface area contributed by atoms with Crippen molar-refractivity contribution in [2.45, 2.75) is 45.9 Å². The van der Waals surface area contributed by atoms with Gasteiger partial charge in [0.1, 0.15) is 0 Å². The smallest absolute Gasteiger partial charge is 0.0714 e. The molecule has 1 atom stereocenters. The van der Waals surface area contributed by atoms with Crippen molar-refractivity contribution in [3.05, 3.63) is 34.9 Å². The van der Waals surface area contributed by atoms with Crippen LogP contribution in [-0.2, 0) is 0 Å². The van der Waals surface area contributed by atoms with E-state index in [0.29, 0.717) is 0 Å². The molecule has 0 fully saturated rings. The molecule has 1 aromatic carbocycles. The highest BCUT2D eigenvalue weighted by Crippen LogP contribution is 2.25. The molecule has 0 saturated carbocycles. The van der Waals surface area contributed by atoms with E-state index in [0.717, 1.165) is 19.6 Å². The Hall–Kier alpha value is -0.530. The van der Waals surface area contributed by atoms with Crippen LogP contribution in [0.4, 0.5) is 0 Å². The molecule has 0 amide bonds. The zero-order valence-electron chi connectivity index (χ0n) is 12.2. The summed E-state index contributed by atoms with van der Waals surface area (Å²) in [6, 6.07) is 6.54. The summed E-state index contributed by atoms with van der Waals surface area (Å²) in [4.78, 5) is 2.44. The second-order valence-electron chi connectivity index (χ2n) is 5.07. The lowest BCUT2D eigenvalue weighted by atomic mass is 10.0. The van der Waals surface area contributed by atoms with Crippen LogP contribution in [0.1, 0.15) is 48.8 Å². The molecule has 0 saturated heterocycles. The number of halogens is 1. The molecule has 0 radical (unpaired) electrons. The molecule has 0 aliphatic heterocycles. The van der Waals surface area contributed by atoms with Gasteiger partial charge >= 0.3 is 0 Å². The van der Waals surface area contributed by atoms with E-state index in [4.69, 9.17) is 11.6 Å². The number of benzene rings is 1. The number of hydrogen-bond donors (Lipinski definition) is 0. The Kier molecular flexibility index (Phi) is 6.73. The molecule has 1 unspecified atom stereocenters. The monoisotopic (exact) mass is 267 g/mol. The van der Waals surface area contributed by atoms with E-state index in [-0.39, 0.29) is 5.38 Å². The molecule has 1 aromatic rings. The summed E-state index contributed by atoms with van der Waals surface area (Å²) in [5, 5.41) is 0.0995. The van der Waals surface area contributed by atoms with Crippen LogP contribution < -0.4 is 0 Å². The number of aryl methyl sites for hydroxylation is 2. The van der Waals surface area contributed by atoms with Crippen LogP contribution in [-0.4, -0.2) is 24.5 Å². The lowest BCUT2D eigenvalue weighted by Gasteiger charge is -2.24. The lowest BCUT2D eigenvalue weighted by Crippen LogP contribution is -2.28. The summed E-state index contributed by atoms with van der Waals surface area (Å²) in [6.45, 7) is 11.9. The predicted octanol–water partition coefficient (Wildman–Crippen LogP) is 4.71. The summed E-state index contributed by atoms with van der Waals surface area (Å²) in [5.41, 5.74) is 3.89. The van der Waals surface area contributed by atoms with Crippen molar-refractivity contribution in [2.24, 2.45) is 0 Å². The van der Waals surface area contributed by atoms with E-state index >= 15 is 0 Å². The van der Waals surface area contributed by atoms with E-state index in [1.165, 1.54) is 29.5 Å². The Morgan fingerprint density at radius 3 is 2.50 bits per heavy atom. The molecule has 1 rings (SSSR count). The summed E-state index contributed by atoms with van der Waals surface area (Å²) >= 11 is 6.57. The minimum absolute atomic E-state index is 0.0995. The van der Waals surface area contributed by atoms with Crippen LogP contribution in [0.25, 0.3) is 0 Å². The quantitative estimate of drug-likeness (QED) is 0.647. The standard InChI is InChI=1S/C16H26ClN/c1-5-7-10-18(6-2)12-16(17)15-9-8-13(3)11-14(15)4/h8-9,11,16H,5-7,10,12H2,1-4H3. The molecular weight excluding hydrogens is 242 g/mol. The van der Waals surface area contributed by atoms with Gasteiger partial charge in [0.2, 0.25) is 0 Å². The fraction of sp³-hybridized carbons (Fsp3) is 0.625. The third kappa shape index (κ3) is 4.62. The number of unbranched alkanes of at least 4 members (excludes halogenated alkanes) is 1. The first-order chi connectivity index (χ1) is 8.58. The molecule has 0 aliphatic rings. The highest BCUT2D eigenvalue weighted by molar-refractivity contribution is 6.21. The molecule has 18 heavy (non-hydrogen) atoms. The Morgan fingerprint density at radius 2 is 1.94 bits per heavy atom. The van der Waals surface area contributed by atoms with Gasteiger partial charge in [-0.3, -0.25) is 0 Å². The second-order valence-corrected chi connectivity index (χ2v) is 5.60. The van der Waals surface area contributed by atoms with Crippen LogP contribution in [0.15, 0.2) is 18.2 Å². The number of hydrogen-bond acceptors (Lipinski definition) is 1. The molecule has 2 heteroatoms. The largest absolute Gasteiger partial charge is 0.302 e. The Bertz CT molecular complexity index is 362. The average molecular weight is 268 g/mol. The normalized spacial score (nSPS) is 13.0. The molecule has 102 valence electrons. The van der Waals surface area contributed by atoms with E-state index in [1.807, 2.05) is 0 Å². The van der Waals surface area contributed by atoms with Gasteiger partial charge in [-0.25, -0.2) is 0 Å². The Balaban J connectivity index is 2.65. The highest BCUT2D eigenvalue weighted by atomic mass is 35.5. The maximum absolute atomic E-state index is 6.57. The predicted molar refractivity (Wildman–Crippen MR) is 81.5 cm³/mol. The molecular formula is C16H26ClN. The summed E-state index contributed by atoms with van der Waals surface area (Å²) in [6.07, 6.45) is 2.50. The van der Waals surface area contributed by atoms with Crippen molar-refractivity contribution in [3.8, 4) is 0 Å². The molecule has 0 aliphatic carbocycles. The molecule has 0 aromatic heterocycles. The van der Waals surface area contributed by atoms with Gasteiger partial charge in [0.05, 0.1) is 5.38 Å². The first-order valence-corrected chi connectivity index (χ1v) is 7.45. The molecule has 0 N–H and O–H groups in total. The molecule has 1 nitrogen and oxygen atoms in total. The van der Waals surface area contributed by atoms with Crippen LogP contribution in [0.2, 0.25) is 0 Å². The maximum atomic E-state index is 6.57. The number of rotatable bonds is 7. The molecule has 0 spiro atoms. The highest BCUT2D eigenvalue weighted by Gasteiger charge is 2.14. The van der Waals surface area contributed by atoms with Crippen molar-refractivity contribution >= 4 is 11.6 Å². The number of alkyl halides is 1. The lowest BCUT2D eigenvalue weighted by molar-refractivity contribution is 0.283. The van der Waals surface area contributed by atoms with Gasteiger partial charge in [0.25, 0.3) is 0 Å². The summed E-state index contributed by atoms with van der Waals surface area (Å²) < 4.78 is 0. The van der Waals surface area contributed by atoms with Gasteiger partial charge in [0, 0.05) is 6.54 Å². The second kappa shape index (κ2) is 7.81. The van der Waals surface area contributed by atoms with Crippen LogP contribution >= 0.6 is 11.6 Å². The SMILES string of the molecule is CCCCN(CC)CC(Cl)c1ccc(C)cc1C. The van der Waals surface area contributed by atoms with Crippen LogP contribution in [0, 0.1) is 13.8 Å². The fourth-order valence-electron chi connectivity index (χ4n) is 2.26. The average Bonchev–Trinajstić information content (AvgIpc) is 2.34. The topological polar surface area (TPSA) is 3.24 Å². The van der Waals surface area contributed by atoms with E-state index in [1.54, 1.807) is 0 Å². The first-order valence-electron chi connectivity index (χ1n) is 7.02. The summed E-state index contributed by atoms with van der Waals surface area (Å²) in [5.74, 6) is 0. The van der Waals surface area contributed by atoms with E-state index in [2.05, 4.69) is 50.8 Å². The van der Waals surface area contributed by atoms with Gasteiger partial charge in [-0.05, 0) is 44.5 Å². The van der Waals surface area contributed by atoms with Crippen molar-refractivity contribution < 1.29 is 0 Å². The van der Waals surface area contributed by atoms with Crippen LogP contribution in [0.3, 0.4) is 0 Å². The fourth-order valence-corrected chi connectivity index (χ4v) is 2.70. The van der Waals surface area contributed by atoms with Crippen LogP contribution in [0.5, 0.6) is 0 Å².